The van der Waals surface area contributed by atoms with Crippen LogP contribution in [0.2, 0.25) is 0 Å². The van der Waals surface area contributed by atoms with Gasteiger partial charge in [0.25, 0.3) is 0 Å². The molecule has 16 heteroatoms. The monoisotopic (exact) mass is 585 g/mol. The Bertz CT molecular complexity index is 1400. The molecule has 1 amide bonds. The molecule has 0 aliphatic heterocycles. The van der Waals surface area contributed by atoms with Gasteiger partial charge >= 0.3 is 59.1 Å². The van der Waals surface area contributed by atoms with Crippen LogP contribution in [0.5, 0.6) is 0 Å². The molecule has 3 rings (SSSR count). The summed E-state index contributed by atoms with van der Waals surface area (Å²) < 4.78 is 75.6. The first-order chi connectivity index (χ1) is 16.4. The van der Waals surface area contributed by atoms with E-state index in [0.717, 1.165) is 25.0 Å². The van der Waals surface area contributed by atoms with Gasteiger partial charge in [-0.3, -0.25) is 4.79 Å². The van der Waals surface area contributed by atoms with Crippen molar-refractivity contribution in [2.45, 2.75) is 28.7 Å². The maximum Gasteiger partial charge on any atom is 1.00 e. The Morgan fingerprint density at radius 1 is 0.946 bits per heavy atom. The van der Waals surface area contributed by atoms with E-state index < -0.39 is 35.9 Å². The number of carbonyl (C=O) groups excluding carboxylic acids is 1. The second kappa shape index (κ2) is 14.5. The van der Waals surface area contributed by atoms with Crippen LogP contribution in [0.1, 0.15) is 24.0 Å². The first kappa shape index (κ1) is 34.1. The maximum atomic E-state index is 11.9. The third-order valence-corrected chi connectivity index (χ3v) is 6.74. The van der Waals surface area contributed by atoms with Crippen molar-refractivity contribution in [3.63, 3.8) is 0 Å². The zero-order chi connectivity index (χ0) is 25.8. The van der Waals surface area contributed by atoms with E-state index in [1.54, 1.807) is 0 Å². The Morgan fingerprint density at radius 2 is 1.41 bits per heavy atom. The first-order valence-corrected chi connectivity index (χ1v) is 13.3. The fourth-order valence-corrected chi connectivity index (χ4v) is 4.70. The Morgan fingerprint density at radius 3 is 1.81 bits per heavy atom. The number of hydrogen-bond acceptors (Lipinski definition) is 9. The fraction of sp³-hybridized carbons (Fsp3) is 0.238. The molecular formula is C21H21N3Na2O8S3. The standard InChI is InChI=1S/C21H23N3O8S3.2Na/c1-32-12-20(25)22-16-6-4-13(18(10-16)34(26,27)28)2-3-14-5-7-17(11-19(14)35(29,30)31)24-21(33)23-15-8-9-15;;/h2-7,10-11,15H,8-9,12H2,1H3,(H,22,25)(H2,23,24,33)(H,26,27,28)(H,29,30,31);;/q;2*+1/p-2. The van der Waals surface area contributed by atoms with E-state index in [9.17, 15) is 30.7 Å². The predicted molar refractivity (Wildman–Crippen MR) is 131 cm³/mol. The van der Waals surface area contributed by atoms with E-state index in [2.05, 4.69) is 20.7 Å². The molecule has 0 atom stereocenters. The molecule has 3 N–H and O–H groups in total. The molecule has 1 aliphatic carbocycles. The second-order valence-corrected chi connectivity index (χ2v) is 10.7. The first-order valence-electron chi connectivity index (χ1n) is 10.1. The number of amides is 1. The summed E-state index contributed by atoms with van der Waals surface area (Å²) in [6.45, 7) is -0.278. The van der Waals surface area contributed by atoms with Crippen LogP contribution in [0.3, 0.4) is 0 Å². The Hall–Kier alpha value is -0.880. The number of methoxy groups -OCH3 is 1. The number of anilines is 2. The van der Waals surface area contributed by atoms with E-state index >= 15 is 0 Å². The minimum atomic E-state index is -4.97. The molecule has 0 saturated heterocycles. The van der Waals surface area contributed by atoms with Gasteiger partial charge in [-0.15, -0.1) is 0 Å². The average Bonchev–Trinajstić information content (AvgIpc) is 3.56. The number of hydrogen-bond donors (Lipinski definition) is 3. The summed E-state index contributed by atoms with van der Waals surface area (Å²) in [5, 5.41) is 8.51. The van der Waals surface area contributed by atoms with Crippen LogP contribution in [-0.4, -0.2) is 56.7 Å². The van der Waals surface area contributed by atoms with Crippen molar-refractivity contribution < 1.29 is 94.6 Å². The molecule has 0 spiro atoms. The van der Waals surface area contributed by atoms with E-state index in [-0.39, 0.29) is 99.4 Å². The molecule has 2 aromatic carbocycles. The van der Waals surface area contributed by atoms with Gasteiger partial charge in [0.15, 0.2) is 5.11 Å². The second-order valence-electron chi connectivity index (χ2n) is 7.60. The zero-order valence-corrected chi connectivity index (χ0v) is 26.8. The van der Waals surface area contributed by atoms with Crippen molar-refractivity contribution >= 4 is 67.0 Å². The molecule has 0 radical (unpaired) electrons. The molecule has 1 aliphatic rings. The normalized spacial score (nSPS) is 13.3. The van der Waals surface area contributed by atoms with Crippen LogP contribution in [0.25, 0.3) is 12.2 Å². The molecule has 2 aromatic rings. The van der Waals surface area contributed by atoms with E-state index in [0.29, 0.717) is 0 Å². The van der Waals surface area contributed by atoms with Gasteiger partial charge in [-0.05, 0) is 60.5 Å². The Labute approximate surface area is 264 Å². The van der Waals surface area contributed by atoms with Gasteiger partial charge in [-0.2, -0.15) is 0 Å². The van der Waals surface area contributed by atoms with Gasteiger partial charge in [0.1, 0.15) is 26.8 Å². The average molecular weight is 586 g/mol. The molecule has 37 heavy (non-hydrogen) atoms. The smallest absolute Gasteiger partial charge is 0.744 e. The summed E-state index contributed by atoms with van der Waals surface area (Å²) in [7, 11) is -8.58. The van der Waals surface area contributed by atoms with Crippen LogP contribution in [0.15, 0.2) is 46.2 Å². The topological polar surface area (TPSA) is 177 Å². The molecule has 1 fully saturated rings. The van der Waals surface area contributed by atoms with Crippen LogP contribution >= 0.6 is 12.2 Å². The van der Waals surface area contributed by atoms with Crippen molar-refractivity contribution in [2.75, 3.05) is 24.4 Å². The summed E-state index contributed by atoms with van der Waals surface area (Å²) in [5.41, 5.74) is 0.218. The van der Waals surface area contributed by atoms with Crippen LogP contribution in [0.4, 0.5) is 11.4 Å². The number of nitrogens with one attached hydrogen (secondary N) is 3. The fourth-order valence-electron chi connectivity index (χ4n) is 3.02. The van der Waals surface area contributed by atoms with Gasteiger partial charge < -0.3 is 29.8 Å². The van der Waals surface area contributed by atoms with Gasteiger partial charge in [-0.25, -0.2) is 16.8 Å². The number of benzene rings is 2. The van der Waals surface area contributed by atoms with Crippen LogP contribution in [0, 0.1) is 0 Å². The number of ether oxygens (including phenoxy) is 1. The van der Waals surface area contributed by atoms with Crippen molar-refractivity contribution in [3.8, 4) is 0 Å². The van der Waals surface area contributed by atoms with E-state index in [1.165, 1.54) is 43.5 Å². The predicted octanol–water partition coefficient (Wildman–Crippen LogP) is -4.29. The third kappa shape index (κ3) is 10.7. The molecule has 0 unspecified atom stereocenters. The summed E-state index contributed by atoms with van der Waals surface area (Å²) in [6, 6.07) is 7.81. The van der Waals surface area contributed by atoms with Crippen molar-refractivity contribution in [1.82, 2.24) is 5.32 Å². The summed E-state index contributed by atoms with van der Waals surface area (Å²) >= 11 is 5.15. The van der Waals surface area contributed by atoms with Gasteiger partial charge in [0.2, 0.25) is 5.91 Å². The quantitative estimate of drug-likeness (QED) is 0.112. The minimum Gasteiger partial charge on any atom is -0.744 e. The van der Waals surface area contributed by atoms with Gasteiger partial charge in [0.05, 0.1) is 9.79 Å². The third-order valence-electron chi connectivity index (χ3n) is 4.74. The van der Waals surface area contributed by atoms with Gasteiger partial charge in [-0.1, -0.05) is 24.3 Å². The molecule has 0 aromatic heterocycles. The Balaban J connectivity index is 0.00000342. The molecule has 0 bridgehead atoms. The summed E-state index contributed by atoms with van der Waals surface area (Å²) in [4.78, 5) is 10.5. The SMILES string of the molecule is COCC(=O)Nc1ccc(C=Cc2ccc(NC(=S)NC3CC3)cc2S(=O)(=O)[O-])c(S(=O)(=O)[O-])c1.[Na+].[Na+]. The number of carbonyl (C=O) groups is 1. The molecular weight excluding hydrogens is 564 g/mol. The van der Waals surface area contributed by atoms with Crippen molar-refractivity contribution in [2.24, 2.45) is 0 Å². The zero-order valence-electron chi connectivity index (χ0n) is 20.3. The van der Waals surface area contributed by atoms with Crippen molar-refractivity contribution in [1.29, 1.82) is 0 Å². The van der Waals surface area contributed by atoms with Gasteiger partial charge in [0, 0.05) is 24.5 Å². The summed E-state index contributed by atoms with van der Waals surface area (Å²) in [5.74, 6) is -0.559. The minimum absolute atomic E-state index is 0. The Kier molecular flexibility index (Phi) is 13.4. The molecule has 0 heterocycles. The molecule has 1 saturated carbocycles. The van der Waals surface area contributed by atoms with Crippen LogP contribution in [-0.2, 0) is 29.8 Å². The van der Waals surface area contributed by atoms with E-state index in [4.69, 9.17) is 12.2 Å². The maximum absolute atomic E-state index is 11.9. The van der Waals surface area contributed by atoms with Crippen LogP contribution < -0.4 is 75.1 Å². The molecule has 188 valence electrons. The van der Waals surface area contributed by atoms with E-state index in [1.807, 2.05) is 0 Å². The summed E-state index contributed by atoms with van der Waals surface area (Å²) in [6.07, 6.45) is 4.34. The largest absolute Gasteiger partial charge is 1.00 e. The van der Waals surface area contributed by atoms with Crippen molar-refractivity contribution in [3.05, 3.63) is 47.5 Å². The number of thiocarbonyl (C=S) groups is 1. The number of rotatable bonds is 9. The molecule has 11 nitrogen and oxygen atoms in total.